The third-order valence-corrected chi connectivity index (χ3v) is 3.44. The van der Waals surface area contributed by atoms with Crippen LogP contribution >= 0.6 is 0 Å². The summed E-state index contributed by atoms with van der Waals surface area (Å²) in [6, 6.07) is 9.73. The van der Waals surface area contributed by atoms with E-state index >= 15 is 0 Å². The van der Waals surface area contributed by atoms with Crippen LogP contribution in [0.2, 0.25) is 0 Å². The molecule has 0 aliphatic carbocycles. The Morgan fingerprint density at radius 3 is 2.81 bits per heavy atom. The van der Waals surface area contributed by atoms with E-state index in [2.05, 4.69) is 10.3 Å². The van der Waals surface area contributed by atoms with Crippen LogP contribution in [-0.4, -0.2) is 14.5 Å². The quantitative estimate of drug-likeness (QED) is 0.589. The first-order valence-electron chi connectivity index (χ1n) is 6.48. The van der Waals surface area contributed by atoms with Crippen LogP contribution in [0.25, 0.3) is 10.9 Å². The van der Waals surface area contributed by atoms with Crippen molar-refractivity contribution in [3.8, 4) is 0 Å². The molecule has 106 valence electrons. The maximum atomic E-state index is 10.8. The van der Waals surface area contributed by atoms with E-state index in [9.17, 15) is 10.1 Å². The fraction of sp³-hybridized carbons (Fsp3) is 0.133. The number of aromatic nitrogens is 2. The molecule has 0 saturated carbocycles. The van der Waals surface area contributed by atoms with E-state index in [4.69, 9.17) is 0 Å². The second-order valence-electron chi connectivity index (χ2n) is 4.94. The van der Waals surface area contributed by atoms with Crippen LogP contribution < -0.4 is 5.32 Å². The van der Waals surface area contributed by atoms with Crippen molar-refractivity contribution < 1.29 is 4.92 Å². The molecule has 1 aromatic carbocycles. The van der Waals surface area contributed by atoms with Gasteiger partial charge in [-0.05, 0) is 36.6 Å². The highest BCUT2D eigenvalue weighted by atomic mass is 16.6. The summed E-state index contributed by atoms with van der Waals surface area (Å²) in [6.45, 7) is 1.70. The Morgan fingerprint density at radius 2 is 2.10 bits per heavy atom. The highest BCUT2D eigenvalue weighted by molar-refractivity contribution is 5.84. The SMILES string of the molecule is Cc1cc(Nc2ccc3ccn(C)c3c2)ncc1[N+](=O)[O-]. The molecule has 6 heteroatoms. The van der Waals surface area contributed by atoms with Crippen LogP contribution in [0.3, 0.4) is 0 Å². The number of hydrogen-bond acceptors (Lipinski definition) is 4. The molecule has 0 fully saturated rings. The molecule has 21 heavy (non-hydrogen) atoms. The van der Waals surface area contributed by atoms with Crippen molar-refractivity contribution in [2.24, 2.45) is 7.05 Å². The molecule has 0 bridgehead atoms. The number of pyridine rings is 1. The van der Waals surface area contributed by atoms with Gasteiger partial charge in [0.2, 0.25) is 0 Å². The third-order valence-electron chi connectivity index (χ3n) is 3.44. The summed E-state index contributed by atoms with van der Waals surface area (Å²) >= 11 is 0. The molecule has 0 amide bonds. The number of nitrogens with zero attached hydrogens (tertiary/aromatic N) is 3. The maximum Gasteiger partial charge on any atom is 0.290 e. The summed E-state index contributed by atoms with van der Waals surface area (Å²) in [5.41, 5.74) is 2.61. The van der Waals surface area contributed by atoms with Crippen LogP contribution in [0.15, 0.2) is 42.7 Å². The molecule has 2 heterocycles. The zero-order valence-corrected chi connectivity index (χ0v) is 11.7. The fourth-order valence-corrected chi connectivity index (χ4v) is 2.30. The number of benzene rings is 1. The highest BCUT2D eigenvalue weighted by Crippen LogP contribution is 2.24. The first-order valence-corrected chi connectivity index (χ1v) is 6.48. The van der Waals surface area contributed by atoms with Crippen LogP contribution in [0, 0.1) is 17.0 Å². The highest BCUT2D eigenvalue weighted by Gasteiger charge is 2.11. The lowest BCUT2D eigenvalue weighted by atomic mass is 10.2. The molecule has 0 spiro atoms. The summed E-state index contributed by atoms with van der Waals surface area (Å²) in [5, 5.41) is 15.1. The molecule has 0 saturated heterocycles. The normalized spacial score (nSPS) is 10.8. The first-order chi connectivity index (χ1) is 10.0. The van der Waals surface area contributed by atoms with Gasteiger partial charge in [0.25, 0.3) is 5.69 Å². The van der Waals surface area contributed by atoms with Crippen LogP contribution in [0.5, 0.6) is 0 Å². The van der Waals surface area contributed by atoms with Gasteiger partial charge in [0.1, 0.15) is 12.0 Å². The Balaban J connectivity index is 1.92. The van der Waals surface area contributed by atoms with Crippen molar-refractivity contribution in [2.45, 2.75) is 6.92 Å². The van der Waals surface area contributed by atoms with Gasteiger partial charge in [0, 0.05) is 30.0 Å². The van der Waals surface area contributed by atoms with Gasteiger partial charge in [-0.2, -0.15) is 0 Å². The molecule has 1 N–H and O–H groups in total. The molecule has 0 unspecified atom stereocenters. The summed E-state index contributed by atoms with van der Waals surface area (Å²) < 4.78 is 2.04. The van der Waals surface area contributed by atoms with E-state index in [1.54, 1.807) is 13.0 Å². The van der Waals surface area contributed by atoms with Gasteiger partial charge in [-0.25, -0.2) is 4.98 Å². The van der Waals surface area contributed by atoms with Gasteiger partial charge in [-0.3, -0.25) is 10.1 Å². The smallest absolute Gasteiger partial charge is 0.290 e. The average Bonchev–Trinajstić information content (AvgIpc) is 2.80. The molecule has 3 aromatic rings. The molecule has 0 radical (unpaired) electrons. The zero-order valence-electron chi connectivity index (χ0n) is 11.7. The van der Waals surface area contributed by atoms with E-state index < -0.39 is 4.92 Å². The summed E-state index contributed by atoms with van der Waals surface area (Å²) in [4.78, 5) is 14.4. The van der Waals surface area contributed by atoms with Crippen molar-refractivity contribution >= 4 is 28.1 Å². The largest absolute Gasteiger partial charge is 0.350 e. The van der Waals surface area contributed by atoms with Gasteiger partial charge in [0.15, 0.2) is 0 Å². The van der Waals surface area contributed by atoms with Crippen molar-refractivity contribution in [3.63, 3.8) is 0 Å². The molecule has 3 rings (SSSR count). The second-order valence-corrected chi connectivity index (χ2v) is 4.94. The summed E-state index contributed by atoms with van der Waals surface area (Å²) in [6.07, 6.45) is 3.28. The van der Waals surface area contributed by atoms with Crippen LogP contribution in [0.4, 0.5) is 17.2 Å². The number of rotatable bonds is 3. The monoisotopic (exact) mass is 282 g/mol. The molecule has 0 atom stereocenters. The standard InChI is InChI=1S/C15H14N4O2/c1-10-7-15(16-9-14(10)19(20)21)17-12-4-3-11-5-6-18(2)13(11)8-12/h3-9H,1-2H3,(H,16,17). The second kappa shape index (κ2) is 4.90. The molecular weight excluding hydrogens is 268 g/mol. The lowest BCUT2D eigenvalue weighted by Crippen LogP contribution is -1.98. The Bertz CT molecular complexity index is 839. The lowest BCUT2D eigenvalue weighted by Gasteiger charge is -2.07. The van der Waals surface area contributed by atoms with E-state index in [0.717, 1.165) is 16.6 Å². The van der Waals surface area contributed by atoms with Crippen LogP contribution in [0.1, 0.15) is 5.56 Å². The lowest BCUT2D eigenvalue weighted by molar-refractivity contribution is -0.385. The number of anilines is 2. The minimum absolute atomic E-state index is 0.0263. The number of aryl methyl sites for hydroxylation is 2. The summed E-state index contributed by atoms with van der Waals surface area (Å²) in [7, 11) is 1.99. The Labute approximate surface area is 121 Å². The Hall–Kier alpha value is -2.89. The number of nitro groups is 1. The van der Waals surface area contributed by atoms with E-state index in [0.29, 0.717) is 11.4 Å². The fourth-order valence-electron chi connectivity index (χ4n) is 2.30. The van der Waals surface area contributed by atoms with Gasteiger partial charge >= 0.3 is 0 Å². The van der Waals surface area contributed by atoms with Crippen molar-refractivity contribution in [3.05, 3.63) is 58.4 Å². The number of hydrogen-bond donors (Lipinski definition) is 1. The van der Waals surface area contributed by atoms with E-state index in [-0.39, 0.29) is 5.69 Å². The zero-order chi connectivity index (χ0) is 15.0. The molecular formula is C15H14N4O2. The molecule has 6 nitrogen and oxygen atoms in total. The molecule has 0 aliphatic heterocycles. The van der Waals surface area contributed by atoms with Crippen LogP contribution in [-0.2, 0) is 7.05 Å². The molecule has 2 aromatic heterocycles. The van der Waals surface area contributed by atoms with E-state index in [1.165, 1.54) is 6.20 Å². The van der Waals surface area contributed by atoms with Gasteiger partial charge in [-0.15, -0.1) is 0 Å². The first kappa shape index (κ1) is 13.1. The predicted molar refractivity (Wildman–Crippen MR) is 81.8 cm³/mol. The van der Waals surface area contributed by atoms with Gasteiger partial charge < -0.3 is 9.88 Å². The maximum absolute atomic E-state index is 10.8. The third kappa shape index (κ3) is 2.43. The Kier molecular flexibility index (Phi) is 3.06. The average molecular weight is 282 g/mol. The topological polar surface area (TPSA) is 73.0 Å². The van der Waals surface area contributed by atoms with E-state index in [1.807, 2.05) is 42.1 Å². The summed E-state index contributed by atoms with van der Waals surface area (Å²) in [5.74, 6) is 0.589. The van der Waals surface area contributed by atoms with Gasteiger partial charge in [0.05, 0.1) is 4.92 Å². The minimum Gasteiger partial charge on any atom is -0.350 e. The Morgan fingerprint density at radius 1 is 1.29 bits per heavy atom. The molecule has 0 aliphatic rings. The predicted octanol–water partition coefficient (Wildman–Crippen LogP) is 3.53. The van der Waals surface area contributed by atoms with Crippen molar-refractivity contribution in [1.29, 1.82) is 0 Å². The van der Waals surface area contributed by atoms with Crippen molar-refractivity contribution in [2.75, 3.05) is 5.32 Å². The number of nitrogens with one attached hydrogen (secondary N) is 1. The number of fused-ring (bicyclic) bond motifs is 1. The van der Waals surface area contributed by atoms with Crippen molar-refractivity contribution in [1.82, 2.24) is 9.55 Å². The van der Waals surface area contributed by atoms with Gasteiger partial charge in [-0.1, -0.05) is 6.07 Å². The minimum atomic E-state index is -0.428.